The van der Waals surface area contributed by atoms with E-state index in [4.69, 9.17) is 9.15 Å². The van der Waals surface area contributed by atoms with Crippen LogP contribution in [0.3, 0.4) is 0 Å². The monoisotopic (exact) mass is 469 g/mol. The fraction of sp³-hybridized carbons (Fsp3) is 0.458. The molecule has 2 aromatic heterocycles. The maximum atomic E-state index is 12.8. The largest absolute Gasteiger partial charge is 0.497 e. The number of methoxy groups -OCH3 is 1. The predicted octanol–water partition coefficient (Wildman–Crippen LogP) is 3.96. The van der Waals surface area contributed by atoms with Crippen LogP contribution in [0.1, 0.15) is 38.0 Å². The van der Waals surface area contributed by atoms with Gasteiger partial charge in [0.1, 0.15) is 11.5 Å². The average molecular weight is 470 g/mol. The summed E-state index contributed by atoms with van der Waals surface area (Å²) in [5.74, 6) is 3.15. The minimum absolute atomic E-state index is 0.0447. The molecule has 0 radical (unpaired) electrons. The van der Waals surface area contributed by atoms with Crippen molar-refractivity contribution in [3.63, 3.8) is 0 Å². The number of carbonyl (C=O) groups excluding carboxylic acids is 1. The minimum atomic E-state index is -0.322. The molecule has 1 aliphatic heterocycles. The van der Waals surface area contributed by atoms with E-state index in [1.165, 1.54) is 11.8 Å². The van der Waals surface area contributed by atoms with Gasteiger partial charge in [-0.2, -0.15) is 0 Å². The number of rotatable bonds is 9. The lowest BCUT2D eigenvalue weighted by molar-refractivity contribution is -0.120. The Morgan fingerprint density at radius 1 is 1.24 bits per heavy atom. The van der Waals surface area contributed by atoms with E-state index in [0.29, 0.717) is 18.2 Å². The standard InChI is InChI=1S/C24H31N5O3S/c1-17-10-12-28(13-11-17)23-26-27-24(29(23)16-21-5-4-14-32-21)33-18(2)22(30)25-15-19-6-8-20(31-3)9-7-19/h4-9,14,17-18H,10-13,15-16H2,1-3H3,(H,25,30)/t18-/m0/s1. The highest BCUT2D eigenvalue weighted by Crippen LogP contribution is 2.29. The van der Waals surface area contributed by atoms with E-state index in [1.807, 2.05) is 43.3 Å². The number of aromatic nitrogens is 3. The zero-order valence-electron chi connectivity index (χ0n) is 19.4. The van der Waals surface area contributed by atoms with Gasteiger partial charge < -0.3 is 19.4 Å². The Balaban J connectivity index is 1.43. The van der Waals surface area contributed by atoms with Crippen molar-refractivity contribution in [2.45, 2.75) is 50.2 Å². The Morgan fingerprint density at radius 3 is 2.67 bits per heavy atom. The van der Waals surface area contributed by atoms with Crippen molar-refractivity contribution in [1.29, 1.82) is 0 Å². The molecule has 0 bridgehead atoms. The number of anilines is 1. The van der Waals surface area contributed by atoms with Gasteiger partial charge in [0.25, 0.3) is 0 Å². The number of benzene rings is 1. The highest BCUT2D eigenvalue weighted by atomic mass is 32.2. The molecule has 1 fully saturated rings. The summed E-state index contributed by atoms with van der Waals surface area (Å²) in [5.41, 5.74) is 1.02. The van der Waals surface area contributed by atoms with E-state index in [9.17, 15) is 4.79 Å². The molecule has 0 spiro atoms. The van der Waals surface area contributed by atoms with Gasteiger partial charge in [-0.1, -0.05) is 30.8 Å². The quantitative estimate of drug-likeness (QED) is 0.475. The maximum Gasteiger partial charge on any atom is 0.233 e. The van der Waals surface area contributed by atoms with Crippen molar-refractivity contribution >= 4 is 23.6 Å². The number of carbonyl (C=O) groups is 1. The van der Waals surface area contributed by atoms with E-state index in [-0.39, 0.29) is 11.2 Å². The predicted molar refractivity (Wildman–Crippen MR) is 129 cm³/mol. The van der Waals surface area contributed by atoms with Gasteiger partial charge in [0.2, 0.25) is 11.9 Å². The van der Waals surface area contributed by atoms with Gasteiger partial charge >= 0.3 is 0 Å². The smallest absolute Gasteiger partial charge is 0.233 e. The van der Waals surface area contributed by atoms with Crippen LogP contribution in [0.25, 0.3) is 0 Å². The number of hydrogen-bond acceptors (Lipinski definition) is 7. The lowest BCUT2D eigenvalue weighted by atomic mass is 10.00. The van der Waals surface area contributed by atoms with Crippen LogP contribution in [0.15, 0.2) is 52.2 Å². The van der Waals surface area contributed by atoms with Gasteiger partial charge in [-0.05, 0) is 55.5 Å². The number of nitrogens with one attached hydrogen (secondary N) is 1. The molecule has 0 unspecified atom stereocenters. The van der Waals surface area contributed by atoms with E-state index < -0.39 is 0 Å². The number of hydrogen-bond donors (Lipinski definition) is 1. The first kappa shape index (κ1) is 23.2. The second-order valence-electron chi connectivity index (χ2n) is 8.44. The molecule has 9 heteroatoms. The third-order valence-corrected chi connectivity index (χ3v) is 7.02. The normalized spacial score (nSPS) is 15.4. The first-order valence-electron chi connectivity index (χ1n) is 11.3. The Labute approximate surface area is 198 Å². The topological polar surface area (TPSA) is 85.4 Å². The second-order valence-corrected chi connectivity index (χ2v) is 9.75. The van der Waals surface area contributed by atoms with Crippen LogP contribution in [-0.4, -0.2) is 46.1 Å². The summed E-state index contributed by atoms with van der Waals surface area (Å²) in [5, 5.41) is 12.4. The van der Waals surface area contributed by atoms with E-state index in [2.05, 4.69) is 31.9 Å². The molecular formula is C24H31N5O3S. The Morgan fingerprint density at radius 2 is 2.00 bits per heavy atom. The summed E-state index contributed by atoms with van der Waals surface area (Å²) in [6, 6.07) is 11.5. The molecule has 1 amide bonds. The second kappa shape index (κ2) is 10.8. The fourth-order valence-corrected chi connectivity index (χ4v) is 4.66. The third kappa shape index (κ3) is 5.90. The van der Waals surface area contributed by atoms with E-state index >= 15 is 0 Å². The molecule has 1 N–H and O–H groups in total. The Hall–Kier alpha value is -2.94. The number of piperidine rings is 1. The molecule has 4 rings (SSSR count). The van der Waals surface area contributed by atoms with Gasteiger partial charge in [0, 0.05) is 19.6 Å². The van der Waals surface area contributed by atoms with E-state index in [1.54, 1.807) is 13.4 Å². The summed E-state index contributed by atoms with van der Waals surface area (Å²) in [4.78, 5) is 15.1. The molecule has 3 heterocycles. The van der Waals surface area contributed by atoms with Crippen LogP contribution in [0.5, 0.6) is 5.75 Å². The van der Waals surface area contributed by atoms with Crippen molar-refractivity contribution in [1.82, 2.24) is 20.1 Å². The van der Waals surface area contributed by atoms with E-state index in [0.717, 1.165) is 54.9 Å². The van der Waals surface area contributed by atoms with Gasteiger partial charge in [-0.15, -0.1) is 10.2 Å². The zero-order valence-corrected chi connectivity index (χ0v) is 20.2. The lowest BCUT2D eigenvalue weighted by Gasteiger charge is -2.31. The highest BCUT2D eigenvalue weighted by molar-refractivity contribution is 8.00. The van der Waals surface area contributed by atoms with Crippen LogP contribution in [0, 0.1) is 5.92 Å². The molecule has 1 aromatic carbocycles. The fourth-order valence-electron chi connectivity index (χ4n) is 3.80. The van der Waals surface area contributed by atoms with Crippen molar-refractivity contribution in [2.75, 3.05) is 25.1 Å². The summed E-state index contributed by atoms with van der Waals surface area (Å²) < 4.78 is 12.8. The minimum Gasteiger partial charge on any atom is -0.497 e. The average Bonchev–Trinajstić information content (AvgIpc) is 3.49. The molecule has 1 saturated heterocycles. The van der Waals surface area contributed by atoms with Crippen molar-refractivity contribution in [3.05, 3.63) is 54.0 Å². The number of nitrogens with zero attached hydrogens (tertiary/aromatic N) is 4. The molecule has 8 nitrogen and oxygen atoms in total. The Kier molecular flexibility index (Phi) is 7.59. The van der Waals surface area contributed by atoms with Gasteiger partial charge in [-0.25, -0.2) is 0 Å². The molecule has 0 saturated carbocycles. The summed E-state index contributed by atoms with van der Waals surface area (Å²) in [7, 11) is 1.64. The first-order valence-corrected chi connectivity index (χ1v) is 12.2. The van der Waals surface area contributed by atoms with Crippen LogP contribution < -0.4 is 15.0 Å². The molecule has 176 valence electrons. The third-order valence-electron chi connectivity index (χ3n) is 5.94. The number of thioether (sulfide) groups is 1. The van der Waals surface area contributed by atoms with Crippen LogP contribution in [0.2, 0.25) is 0 Å². The van der Waals surface area contributed by atoms with Crippen LogP contribution in [-0.2, 0) is 17.9 Å². The SMILES string of the molecule is COc1ccc(CNC(=O)[C@H](C)Sc2nnc(N3CCC(C)CC3)n2Cc2ccco2)cc1. The lowest BCUT2D eigenvalue weighted by Crippen LogP contribution is -2.35. The number of furan rings is 1. The number of amides is 1. The van der Waals surface area contributed by atoms with Gasteiger partial charge in [0.15, 0.2) is 5.16 Å². The molecule has 1 aliphatic rings. The van der Waals surface area contributed by atoms with Crippen LogP contribution >= 0.6 is 11.8 Å². The summed E-state index contributed by atoms with van der Waals surface area (Å²) >= 11 is 1.42. The van der Waals surface area contributed by atoms with Gasteiger partial charge in [-0.3, -0.25) is 9.36 Å². The summed E-state index contributed by atoms with van der Waals surface area (Å²) in [6.07, 6.45) is 3.95. The van der Waals surface area contributed by atoms with Crippen molar-refractivity contribution in [2.24, 2.45) is 5.92 Å². The number of ether oxygens (including phenoxy) is 1. The van der Waals surface area contributed by atoms with Gasteiger partial charge in [0.05, 0.1) is 25.2 Å². The molecule has 33 heavy (non-hydrogen) atoms. The Bertz CT molecular complexity index is 1030. The maximum absolute atomic E-state index is 12.8. The molecule has 1 atom stereocenters. The first-order chi connectivity index (χ1) is 16.0. The highest BCUT2D eigenvalue weighted by Gasteiger charge is 2.25. The summed E-state index contributed by atoms with van der Waals surface area (Å²) in [6.45, 7) is 7.09. The van der Waals surface area contributed by atoms with Crippen molar-refractivity contribution in [3.8, 4) is 5.75 Å². The zero-order chi connectivity index (χ0) is 23.2. The van der Waals surface area contributed by atoms with Crippen LogP contribution in [0.4, 0.5) is 5.95 Å². The molecular weight excluding hydrogens is 438 g/mol. The van der Waals surface area contributed by atoms with Crippen molar-refractivity contribution < 1.29 is 13.9 Å². The molecule has 0 aliphatic carbocycles. The molecule has 3 aromatic rings.